The van der Waals surface area contributed by atoms with Crippen molar-refractivity contribution in [2.45, 2.75) is 31.7 Å². The summed E-state index contributed by atoms with van der Waals surface area (Å²) in [5, 5.41) is 3.12. The molecule has 1 N–H and O–H groups in total. The average molecular weight is 432 g/mol. The van der Waals surface area contributed by atoms with Crippen molar-refractivity contribution in [3.05, 3.63) is 23.8 Å². The summed E-state index contributed by atoms with van der Waals surface area (Å²) in [5.41, 5.74) is 0.782. The second-order valence-corrected chi connectivity index (χ2v) is 7.94. The van der Waals surface area contributed by atoms with Crippen LogP contribution in [-0.4, -0.2) is 81.7 Å². The molecule has 31 heavy (non-hydrogen) atoms. The SMILES string of the molecule is COc1cc(/C=C/C(=O)N2CCN(CC(=O)NC3CCCC3)CC2)cc(OC)c1OC. The predicted molar refractivity (Wildman–Crippen MR) is 119 cm³/mol. The molecule has 1 aliphatic carbocycles. The van der Waals surface area contributed by atoms with E-state index in [-0.39, 0.29) is 11.8 Å². The summed E-state index contributed by atoms with van der Waals surface area (Å²) >= 11 is 0. The number of hydrogen-bond donors (Lipinski definition) is 1. The first-order chi connectivity index (χ1) is 15.0. The van der Waals surface area contributed by atoms with Crippen molar-refractivity contribution < 1.29 is 23.8 Å². The number of nitrogens with one attached hydrogen (secondary N) is 1. The molecule has 1 aromatic carbocycles. The number of carbonyl (C=O) groups is 2. The van der Waals surface area contributed by atoms with Crippen LogP contribution < -0.4 is 19.5 Å². The van der Waals surface area contributed by atoms with Gasteiger partial charge in [-0.05, 0) is 36.6 Å². The van der Waals surface area contributed by atoms with Crippen molar-refractivity contribution in [1.82, 2.24) is 15.1 Å². The molecular formula is C23H33N3O5. The fraction of sp³-hybridized carbons (Fsp3) is 0.565. The molecular weight excluding hydrogens is 398 g/mol. The van der Waals surface area contributed by atoms with Crippen LogP contribution in [0, 0.1) is 0 Å². The Morgan fingerprint density at radius 1 is 1.00 bits per heavy atom. The van der Waals surface area contributed by atoms with Crippen molar-refractivity contribution in [2.24, 2.45) is 0 Å². The predicted octanol–water partition coefficient (Wildman–Crippen LogP) is 1.93. The maximum absolute atomic E-state index is 12.6. The van der Waals surface area contributed by atoms with E-state index in [0.29, 0.717) is 56.0 Å². The number of nitrogens with zero attached hydrogens (tertiary/aromatic N) is 2. The molecule has 170 valence electrons. The van der Waals surface area contributed by atoms with Crippen molar-refractivity contribution in [3.8, 4) is 17.2 Å². The Bertz CT molecular complexity index is 771. The number of benzene rings is 1. The summed E-state index contributed by atoms with van der Waals surface area (Å²) in [7, 11) is 4.67. The molecule has 1 saturated carbocycles. The lowest BCUT2D eigenvalue weighted by Gasteiger charge is -2.34. The van der Waals surface area contributed by atoms with Gasteiger partial charge in [0.15, 0.2) is 11.5 Å². The Balaban J connectivity index is 1.50. The van der Waals surface area contributed by atoms with Gasteiger partial charge in [0.25, 0.3) is 0 Å². The van der Waals surface area contributed by atoms with Crippen LogP contribution in [0.3, 0.4) is 0 Å². The summed E-state index contributed by atoms with van der Waals surface area (Å²) in [6.07, 6.45) is 7.89. The van der Waals surface area contributed by atoms with E-state index in [4.69, 9.17) is 14.2 Å². The molecule has 2 fully saturated rings. The number of methoxy groups -OCH3 is 3. The summed E-state index contributed by atoms with van der Waals surface area (Å²) in [6.45, 7) is 3.01. The number of piperazine rings is 1. The molecule has 8 nitrogen and oxygen atoms in total. The van der Waals surface area contributed by atoms with Crippen molar-refractivity contribution in [3.63, 3.8) is 0 Å². The summed E-state index contributed by atoms with van der Waals surface area (Å²) in [6, 6.07) is 3.94. The van der Waals surface area contributed by atoms with Gasteiger partial charge in [-0.3, -0.25) is 14.5 Å². The number of hydrogen-bond acceptors (Lipinski definition) is 6. The minimum atomic E-state index is -0.0520. The van der Waals surface area contributed by atoms with Gasteiger partial charge in [0, 0.05) is 38.3 Å². The van der Waals surface area contributed by atoms with Crippen LogP contribution in [0.4, 0.5) is 0 Å². The highest BCUT2D eigenvalue weighted by molar-refractivity contribution is 5.92. The molecule has 1 aromatic rings. The number of ether oxygens (including phenoxy) is 3. The summed E-state index contributed by atoms with van der Waals surface area (Å²) in [4.78, 5) is 28.7. The largest absolute Gasteiger partial charge is 0.493 e. The van der Waals surface area contributed by atoms with Gasteiger partial charge in [-0.1, -0.05) is 12.8 Å². The Kier molecular flexibility index (Phi) is 8.17. The summed E-state index contributed by atoms with van der Waals surface area (Å²) < 4.78 is 16.0. The quantitative estimate of drug-likeness (QED) is 0.634. The highest BCUT2D eigenvalue weighted by atomic mass is 16.5. The lowest BCUT2D eigenvalue weighted by atomic mass is 10.1. The van der Waals surface area contributed by atoms with Crippen LogP contribution >= 0.6 is 0 Å². The van der Waals surface area contributed by atoms with Gasteiger partial charge in [-0.2, -0.15) is 0 Å². The molecule has 0 unspecified atom stereocenters. The zero-order valence-corrected chi connectivity index (χ0v) is 18.7. The van der Waals surface area contributed by atoms with E-state index in [2.05, 4.69) is 10.2 Å². The Morgan fingerprint density at radius 2 is 1.61 bits per heavy atom. The van der Waals surface area contributed by atoms with E-state index in [1.807, 2.05) is 0 Å². The van der Waals surface area contributed by atoms with Crippen LogP contribution in [0.15, 0.2) is 18.2 Å². The zero-order chi connectivity index (χ0) is 22.2. The smallest absolute Gasteiger partial charge is 0.246 e. The maximum Gasteiger partial charge on any atom is 0.246 e. The molecule has 0 aromatic heterocycles. The van der Waals surface area contributed by atoms with Crippen LogP contribution in [0.2, 0.25) is 0 Å². The first-order valence-electron chi connectivity index (χ1n) is 10.8. The van der Waals surface area contributed by atoms with Crippen LogP contribution in [0.1, 0.15) is 31.2 Å². The van der Waals surface area contributed by atoms with Gasteiger partial charge in [-0.25, -0.2) is 0 Å². The van der Waals surface area contributed by atoms with E-state index < -0.39 is 0 Å². The molecule has 2 aliphatic rings. The van der Waals surface area contributed by atoms with E-state index >= 15 is 0 Å². The zero-order valence-electron chi connectivity index (χ0n) is 18.7. The Hall–Kier alpha value is -2.74. The van der Waals surface area contributed by atoms with Gasteiger partial charge in [0.2, 0.25) is 17.6 Å². The van der Waals surface area contributed by atoms with E-state index in [9.17, 15) is 9.59 Å². The third-order valence-corrected chi connectivity index (χ3v) is 5.88. The first kappa shape index (κ1) is 22.9. The normalized spacial score (nSPS) is 17.7. The van der Waals surface area contributed by atoms with Gasteiger partial charge < -0.3 is 24.4 Å². The molecule has 3 rings (SSSR count). The first-order valence-corrected chi connectivity index (χ1v) is 10.8. The van der Waals surface area contributed by atoms with Crippen LogP contribution in [-0.2, 0) is 9.59 Å². The van der Waals surface area contributed by atoms with Crippen molar-refractivity contribution in [2.75, 3.05) is 54.1 Å². The van der Waals surface area contributed by atoms with E-state index in [1.165, 1.54) is 12.8 Å². The fourth-order valence-electron chi connectivity index (χ4n) is 4.14. The third-order valence-electron chi connectivity index (χ3n) is 5.88. The molecule has 0 bridgehead atoms. The average Bonchev–Trinajstić information content (AvgIpc) is 3.29. The molecule has 0 spiro atoms. The van der Waals surface area contributed by atoms with Gasteiger partial charge >= 0.3 is 0 Å². The minimum Gasteiger partial charge on any atom is -0.493 e. The van der Waals surface area contributed by atoms with Gasteiger partial charge in [0.1, 0.15) is 0 Å². The van der Waals surface area contributed by atoms with Crippen LogP contribution in [0.25, 0.3) is 6.08 Å². The second-order valence-electron chi connectivity index (χ2n) is 7.94. The minimum absolute atomic E-state index is 0.0520. The highest BCUT2D eigenvalue weighted by Crippen LogP contribution is 2.38. The van der Waals surface area contributed by atoms with E-state index in [0.717, 1.165) is 18.4 Å². The molecule has 2 amide bonds. The number of amides is 2. The highest BCUT2D eigenvalue weighted by Gasteiger charge is 2.23. The molecule has 0 atom stereocenters. The standard InChI is InChI=1S/C23H33N3O5/c1-29-19-14-17(15-20(30-2)23(19)31-3)8-9-22(28)26-12-10-25(11-13-26)16-21(27)24-18-6-4-5-7-18/h8-9,14-15,18H,4-7,10-13,16H2,1-3H3,(H,24,27)/b9-8+. The lowest BCUT2D eigenvalue weighted by molar-refractivity contribution is -0.128. The maximum atomic E-state index is 12.6. The number of rotatable bonds is 8. The number of carbonyl (C=O) groups excluding carboxylic acids is 2. The van der Waals surface area contributed by atoms with E-state index in [1.54, 1.807) is 50.5 Å². The van der Waals surface area contributed by atoms with Gasteiger partial charge in [-0.15, -0.1) is 0 Å². The van der Waals surface area contributed by atoms with Crippen LogP contribution in [0.5, 0.6) is 17.2 Å². The summed E-state index contributed by atoms with van der Waals surface area (Å²) in [5.74, 6) is 1.64. The monoisotopic (exact) mass is 431 g/mol. The Labute approximate surface area is 184 Å². The molecule has 0 radical (unpaired) electrons. The van der Waals surface area contributed by atoms with Crippen molar-refractivity contribution >= 4 is 17.9 Å². The van der Waals surface area contributed by atoms with Gasteiger partial charge in [0.05, 0.1) is 27.9 Å². The molecule has 1 aliphatic heterocycles. The molecule has 1 saturated heterocycles. The lowest BCUT2D eigenvalue weighted by Crippen LogP contribution is -2.51. The second kappa shape index (κ2) is 11.0. The Morgan fingerprint density at radius 3 is 2.16 bits per heavy atom. The third kappa shape index (κ3) is 6.13. The fourth-order valence-corrected chi connectivity index (χ4v) is 4.14. The molecule has 8 heteroatoms. The van der Waals surface area contributed by atoms with Crippen molar-refractivity contribution in [1.29, 1.82) is 0 Å². The molecule has 1 heterocycles. The topological polar surface area (TPSA) is 80.3 Å².